The third-order valence-electron chi connectivity index (χ3n) is 3.30. The number of aliphatic hydroxyl groups is 2. The molecule has 0 aliphatic rings. The van der Waals surface area contributed by atoms with Crippen LogP contribution in [0.25, 0.3) is 0 Å². The van der Waals surface area contributed by atoms with Gasteiger partial charge < -0.3 is 38.6 Å². The van der Waals surface area contributed by atoms with Gasteiger partial charge in [-0.2, -0.15) is 0 Å². The SMILES string of the molecule is CCCCC(O)COCCOCCOCCOCCOCCOCCO. The van der Waals surface area contributed by atoms with E-state index in [0.717, 1.165) is 19.3 Å². The fourth-order valence-electron chi connectivity index (χ4n) is 1.91. The summed E-state index contributed by atoms with van der Waals surface area (Å²) >= 11 is 0. The zero-order valence-corrected chi connectivity index (χ0v) is 16.2. The van der Waals surface area contributed by atoms with Gasteiger partial charge in [0, 0.05) is 0 Å². The minimum absolute atomic E-state index is 0.0329. The molecule has 0 rings (SSSR count). The van der Waals surface area contributed by atoms with Gasteiger partial charge in [-0.05, 0) is 6.42 Å². The van der Waals surface area contributed by atoms with Crippen LogP contribution in [0.4, 0.5) is 0 Å². The number of ether oxygens (including phenoxy) is 6. The van der Waals surface area contributed by atoms with Gasteiger partial charge in [0.2, 0.25) is 0 Å². The van der Waals surface area contributed by atoms with E-state index in [1.165, 1.54) is 0 Å². The summed E-state index contributed by atoms with van der Waals surface area (Å²) in [6, 6.07) is 0. The van der Waals surface area contributed by atoms with E-state index in [9.17, 15) is 5.11 Å². The molecule has 0 heterocycles. The van der Waals surface area contributed by atoms with Crippen LogP contribution in [-0.4, -0.2) is 102 Å². The lowest BCUT2D eigenvalue weighted by Gasteiger charge is -2.11. The van der Waals surface area contributed by atoms with Crippen molar-refractivity contribution in [2.45, 2.75) is 32.3 Å². The van der Waals surface area contributed by atoms with Crippen molar-refractivity contribution in [1.29, 1.82) is 0 Å². The number of aliphatic hydroxyl groups excluding tert-OH is 2. The summed E-state index contributed by atoms with van der Waals surface area (Å²) in [5.74, 6) is 0. The van der Waals surface area contributed by atoms with Gasteiger partial charge >= 0.3 is 0 Å². The molecule has 0 aliphatic heterocycles. The molecule has 0 aliphatic carbocycles. The normalized spacial score (nSPS) is 12.6. The van der Waals surface area contributed by atoms with Crippen molar-refractivity contribution >= 4 is 0 Å². The van der Waals surface area contributed by atoms with Crippen LogP contribution in [0.5, 0.6) is 0 Å². The second kappa shape index (κ2) is 22.7. The zero-order chi connectivity index (χ0) is 19.1. The molecule has 0 radical (unpaired) electrons. The van der Waals surface area contributed by atoms with Crippen LogP contribution in [0.3, 0.4) is 0 Å². The summed E-state index contributed by atoms with van der Waals surface area (Å²) < 4.78 is 31.8. The maximum atomic E-state index is 9.60. The number of hydrogen-bond donors (Lipinski definition) is 2. The van der Waals surface area contributed by atoms with Crippen molar-refractivity contribution in [3.8, 4) is 0 Å². The molecule has 0 aromatic rings. The van der Waals surface area contributed by atoms with Gasteiger partial charge in [-0.15, -0.1) is 0 Å². The Kier molecular flexibility index (Phi) is 22.4. The van der Waals surface area contributed by atoms with Gasteiger partial charge in [-0.25, -0.2) is 0 Å². The summed E-state index contributed by atoms with van der Waals surface area (Å²) in [6.45, 7) is 7.90. The van der Waals surface area contributed by atoms with Crippen molar-refractivity contribution in [1.82, 2.24) is 0 Å². The first kappa shape index (κ1) is 25.7. The highest BCUT2D eigenvalue weighted by atomic mass is 16.6. The fraction of sp³-hybridized carbons (Fsp3) is 1.00. The van der Waals surface area contributed by atoms with Gasteiger partial charge in [0.05, 0.1) is 92.0 Å². The average molecular weight is 382 g/mol. The minimum Gasteiger partial charge on any atom is -0.394 e. The van der Waals surface area contributed by atoms with Crippen LogP contribution >= 0.6 is 0 Å². The molecule has 0 aromatic carbocycles. The van der Waals surface area contributed by atoms with Gasteiger partial charge in [0.15, 0.2) is 0 Å². The topological polar surface area (TPSA) is 95.8 Å². The first-order valence-corrected chi connectivity index (χ1v) is 9.56. The molecule has 26 heavy (non-hydrogen) atoms. The quantitative estimate of drug-likeness (QED) is 0.263. The monoisotopic (exact) mass is 382 g/mol. The molecule has 0 saturated carbocycles. The highest BCUT2D eigenvalue weighted by Gasteiger charge is 2.02. The van der Waals surface area contributed by atoms with Crippen molar-refractivity contribution in [2.24, 2.45) is 0 Å². The highest BCUT2D eigenvalue weighted by molar-refractivity contribution is 4.53. The predicted molar refractivity (Wildman–Crippen MR) is 97.5 cm³/mol. The molecule has 0 amide bonds. The molecule has 0 fully saturated rings. The van der Waals surface area contributed by atoms with E-state index in [1.807, 2.05) is 0 Å². The summed E-state index contributed by atoms with van der Waals surface area (Å²) in [4.78, 5) is 0. The zero-order valence-electron chi connectivity index (χ0n) is 16.2. The number of unbranched alkanes of at least 4 members (excludes halogenated alkanes) is 1. The lowest BCUT2D eigenvalue weighted by atomic mass is 10.2. The Bertz CT molecular complexity index is 255. The first-order chi connectivity index (χ1) is 12.8. The van der Waals surface area contributed by atoms with Gasteiger partial charge in [0.25, 0.3) is 0 Å². The molecule has 158 valence electrons. The fourth-order valence-corrected chi connectivity index (χ4v) is 1.91. The van der Waals surface area contributed by atoms with E-state index >= 15 is 0 Å². The molecule has 8 heteroatoms. The van der Waals surface area contributed by atoms with E-state index in [1.54, 1.807) is 0 Å². The van der Waals surface area contributed by atoms with Gasteiger partial charge in [-0.1, -0.05) is 19.8 Å². The smallest absolute Gasteiger partial charge is 0.0773 e. The van der Waals surface area contributed by atoms with E-state index in [-0.39, 0.29) is 12.7 Å². The molecule has 0 bridgehead atoms. The molecule has 1 unspecified atom stereocenters. The highest BCUT2D eigenvalue weighted by Crippen LogP contribution is 2.00. The Balaban J connectivity index is 3.03. The summed E-state index contributed by atoms with van der Waals surface area (Å²) in [6.07, 6.45) is 2.53. The standard InChI is InChI=1S/C18H38O8/c1-2-3-4-18(20)17-26-16-15-25-14-13-24-12-11-23-10-9-22-8-7-21-6-5-19/h18-20H,2-17H2,1H3. The van der Waals surface area contributed by atoms with Crippen molar-refractivity contribution in [3.63, 3.8) is 0 Å². The first-order valence-electron chi connectivity index (χ1n) is 9.56. The Morgan fingerprint density at radius 1 is 0.615 bits per heavy atom. The summed E-state index contributed by atoms with van der Waals surface area (Å²) in [5, 5.41) is 18.1. The van der Waals surface area contributed by atoms with E-state index in [0.29, 0.717) is 79.3 Å². The predicted octanol–water partition coefficient (Wildman–Crippen LogP) is 0.629. The molecule has 0 saturated heterocycles. The van der Waals surface area contributed by atoms with E-state index < -0.39 is 0 Å². The Morgan fingerprint density at radius 2 is 1.00 bits per heavy atom. The van der Waals surface area contributed by atoms with E-state index in [4.69, 9.17) is 33.5 Å². The minimum atomic E-state index is -0.372. The largest absolute Gasteiger partial charge is 0.394 e. The molecule has 0 spiro atoms. The average Bonchev–Trinajstić information content (AvgIpc) is 2.65. The van der Waals surface area contributed by atoms with Crippen molar-refractivity contribution in [2.75, 3.05) is 85.9 Å². The lowest BCUT2D eigenvalue weighted by molar-refractivity contribution is -0.0251. The molecule has 1 atom stereocenters. The van der Waals surface area contributed by atoms with Crippen LogP contribution in [0.2, 0.25) is 0 Å². The lowest BCUT2D eigenvalue weighted by Crippen LogP contribution is -2.18. The molecule has 0 aromatic heterocycles. The molecular formula is C18H38O8. The van der Waals surface area contributed by atoms with Gasteiger partial charge in [0.1, 0.15) is 0 Å². The third-order valence-corrected chi connectivity index (χ3v) is 3.30. The van der Waals surface area contributed by atoms with Crippen molar-refractivity contribution in [3.05, 3.63) is 0 Å². The Labute approximate surface area is 157 Å². The Morgan fingerprint density at radius 3 is 1.38 bits per heavy atom. The second-order valence-electron chi connectivity index (χ2n) is 5.66. The van der Waals surface area contributed by atoms with Crippen LogP contribution in [0.1, 0.15) is 26.2 Å². The number of rotatable bonds is 22. The molecule has 8 nitrogen and oxygen atoms in total. The van der Waals surface area contributed by atoms with Crippen LogP contribution in [-0.2, 0) is 28.4 Å². The second-order valence-corrected chi connectivity index (χ2v) is 5.66. The summed E-state index contributed by atoms with van der Waals surface area (Å²) in [5.41, 5.74) is 0. The third kappa shape index (κ3) is 21.7. The van der Waals surface area contributed by atoms with Gasteiger partial charge in [-0.3, -0.25) is 0 Å². The van der Waals surface area contributed by atoms with Crippen LogP contribution in [0, 0.1) is 0 Å². The maximum Gasteiger partial charge on any atom is 0.0773 e. The maximum absolute atomic E-state index is 9.60. The van der Waals surface area contributed by atoms with Crippen LogP contribution in [0.15, 0.2) is 0 Å². The number of hydrogen-bond acceptors (Lipinski definition) is 8. The van der Waals surface area contributed by atoms with E-state index in [2.05, 4.69) is 6.92 Å². The van der Waals surface area contributed by atoms with Crippen molar-refractivity contribution < 1.29 is 38.6 Å². The summed E-state index contributed by atoms with van der Waals surface area (Å²) in [7, 11) is 0. The Hall–Kier alpha value is -0.320. The molecule has 2 N–H and O–H groups in total. The molecular weight excluding hydrogens is 344 g/mol. The van der Waals surface area contributed by atoms with Crippen LogP contribution < -0.4 is 0 Å².